The summed E-state index contributed by atoms with van der Waals surface area (Å²) < 4.78 is 4.74. The van der Waals surface area contributed by atoms with Gasteiger partial charge in [-0.1, -0.05) is 11.8 Å². The van der Waals surface area contributed by atoms with Gasteiger partial charge in [0.2, 0.25) is 0 Å². The summed E-state index contributed by atoms with van der Waals surface area (Å²) in [4.78, 5) is 23.0. The number of aryl methyl sites for hydroxylation is 1. The van der Waals surface area contributed by atoms with Crippen LogP contribution in [0.1, 0.15) is 33.5 Å². The summed E-state index contributed by atoms with van der Waals surface area (Å²) in [7, 11) is 0. The van der Waals surface area contributed by atoms with E-state index in [1.54, 1.807) is 13.0 Å². The third kappa shape index (κ3) is 3.52. The normalized spacial score (nSPS) is 9.12. The second-order valence-corrected chi connectivity index (χ2v) is 4.15. The molecule has 0 unspecified atom stereocenters. The van der Waals surface area contributed by atoms with Crippen LogP contribution in [0.15, 0.2) is 6.07 Å². The molecule has 3 nitrogen and oxygen atoms in total. The Labute approximate surface area is 98.4 Å². The summed E-state index contributed by atoms with van der Waals surface area (Å²) in [6, 6.07) is 1.78. The van der Waals surface area contributed by atoms with Crippen molar-refractivity contribution >= 4 is 23.6 Å². The van der Waals surface area contributed by atoms with E-state index in [-0.39, 0.29) is 12.4 Å². The van der Waals surface area contributed by atoms with Crippen molar-refractivity contribution in [2.75, 3.05) is 6.61 Å². The lowest BCUT2D eigenvalue weighted by Crippen LogP contribution is -2.01. The number of ether oxygens (including phenoxy) is 1. The quantitative estimate of drug-likeness (QED) is 0.459. The summed E-state index contributed by atoms with van der Waals surface area (Å²) in [6.45, 7) is 4.01. The first-order chi connectivity index (χ1) is 7.67. The molecule has 1 aromatic rings. The van der Waals surface area contributed by atoms with Crippen LogP contribution in [-0.2, 0) is 9.53 Å². The molecule has 0 aromatic carbocycles. The van der Waals surface area contributed by atoms with Gasteiger partial charge < -0.3 is 4.74 Å². The van der Waals surface area contributed by atoms with Crippen molar-refractivity contribution in [3.05, 3.63) is 21.4 Å². The van der Waals surface area contributed by atoms with E-state index in [0.29, 0.717) is 11.5 Å². The molecule has 4 heteroatoms. The number of thiophene rings is 1. The molecule has 0 N–H and O–H groups in total. The molecule has 0 atom stereocenters. The maximum Gasteiger partial charge on any atom is 0.317 e. The first kappa shape index (κ1) is 12.5. The minimum absolute atomic E-state index is 0.0849. The smallest absolute Gasteiger partial charge is 0.317 e. The predicted octanol–water partition coefficient (Wildman–Crippen LogP) is 2.17. The van der Waals surface area contributed by atoms with Crippen molar-refractivity contribution in [1.29, 1.82) is 0 Å². The minimum atomic E-state index is -0.320. The van der Waals surface area contributed by atoms with Crippen molar-refractivity contribution in [3.63, 3.8) is 0 Å². The van der Waals surface area contributed by atoms with E-state index in [1.165, 1.54) is 11.3 Å². The molecule has 0 aliphatic heterocycles. The maximum atomic E-state index is 11.0. The number of hydrogen-bond donors (Lipinski definition) is 0. The number of hydrogen-bond acceptors (Lipinski definition) is 4. The molecule has 0 saturated carbocycles. The summed E-state index contributed by atoms with van der Waals surface area (Å²) in [5.74, 6) is 5.28. The fourth-order valence-electron chi connectivity index (χ4n) is 1.10. The third-order valence-electron chi connectivity index (χ3n) is 1.79. The standard InChI is InChI=1S/C12H12O3S/c1-3-15-12(14)6-4-5-11-9(2)7-10(8-13)16-11/h7-8H,3,6H2,1-2H3. The Morgan fingerprint density at radius 2 is 2.38 bits per heavy atom. The molecular formula is C12H12O3S. The zero-order valence-electron chi connectivity index (χ0n) is 9.20. The molecule has 16 heavy (non-hydrogen) atoms. The largest absolute Gasteiger partial charge is 0.465 e. The van der Waals surface area contributed by atoms with Gasteiger partial charge in [0.05, 0.1) is 16.4 Å². The monoisotopic (exact) mass is 236 g/mol. The first-order valence-corrected chi connectivity index (χ1v) is 5.69. The van der Waals surface area contributed by atoms with Crippen LogP contribution < -0.4 is 0 Å². The predicted molar refractivity (Wildman–Crippen MR) is 62.6 cm³/mol. The molecule has 0 bridgehead atoms. The topological polar surface area (TPSA) is 43.4 Å². The Morgan fingerprint density at radius 1 is 1.62 bits per heavy atom. The van der Waals surface area contributed by atoms with Crippen LogP contribution in [0.3, 0.4) is 0 Å². The van der Waals surface area contributed by atoms with Gasteiger partial charge >= 0.3 is 5.97 Å². The highest BCUT2D eigenvalue weighted by Crippen LogP contribution is 2.18. The van der Waals surface area contributed by atoms with Gasteiger partial charge in [-0.05, 0) is 25.5 Å². The minimum Gasteiger partial charge on any atom is -0.465 e. The van der Waals surface area contributed by atoms with Gasteiger partial charge in [-0.3, -0.25) is 9.59 Å². The van der Waals surface area contributed by atoms with Gasteiger partial charge in [-0.25, -0.2) is 0 Å². The molecule has 0 radical (unpaired) electrons. The Morgan fingerprint density at radius 3 is 2.94 bits per heavy atom. The van der Waals surface area contributed by atoms with Crippen LogP contribution in [0.4, 0.5) is 0 Å². The van der Waals surface area contributed by atoms with Crippen LogP contribution >= 0.6 is 11.3 Å². The molecule has 84 valence electrons. The molecule has 1 heterocycles. The Balaban J connectivity index is 2.65. The molecule has 1 rings (SSSR count). The highest BCUT2D eigenvalue weighted by Gasteiger charge is 2.02. The highest BCUT2D eigenvalue weighted by atomic mass is 32.1. The van der Waals surface area contributed by atoms with E-state index in [4.69, 9.17) is 4.74 Å². The summed E-state index contributed by atoms with van der Waals surface area (Å²) in [5, 5.41) is 0. The Bertz CT molecular complexity index is 449. The molecule has 0 saturated heterocycles. The van der Waals surface area contributed by atoms with Crippen molar-refractivity contribution in [3.8, 4) is 11.8 Å². The summed E-state index contributed by atoms with van der Waals surface area (Å²) in [6.07, 6.45) is 0.885. The van der Waals surface area contributed by atoms with E-state index in [9.17, 15) is 9.59 Å². The first-order valence-electron chi connectivity index (χ1n) is 4.87. The fraction of sp³-hybridized carbons (Fsp3) is 0.333. The average molecular weight is 236 g/mol. The van der Waals surface area contributed by atoms with Crippen molar-refractivity contribution in [2.45, 2.75) is 20.3 Å². The molecule has 0 spiro atoms. The van der Waals surface area contributed by atoms with E-state index in [0.717, 1.165) is 16.7 Å². The number of carbonyl (C=O) groups is 2. The zero-order chi connectivity index (χ0) is 12.0. The average Bonchev–Trinajstić information content (AvgIpc) is 2.60. The Hall–Kier alpha value is -1.60. The van der Waals surface area contributed by atoms with Crippen molar-refractivity contribution < 1.29 is 14.3 Å². The lowest BCUT2D eigenvalue weighted by molar-refractivity contribution is -0.141. The lowest BCUT2D eigenvalue weighted by Gasteiger charge is -1.94. The van der Waals surface area contributed by atoms with Crippen molar-refractivity contribution in [1.82, 2.24) is 0 Å². The van der Waals surface area contributed by atoms with Gasteiger partial charge in [-0.15, -0.1) is 11.3 Å². The number of carbonyl (C=O) groups excluding carboxylic acids is 2. The summed E-state index contributed by atoms with van der Waals surface area (Å²) >= 11 is 1.33. The van der Waals surface area contributed by atoms with Gasteiger partial charge in [0.15, 0.2) is 6.29 Å². The maximum absolute atomic E-state index is 11.0. The lowest BCUT2D eigenvalue weighted by atomic mass is 10.2. The van der Waals surface area contributed by atoms with E-state index in [1.807, 2.05) is 6.92 Å². The molecule has 1 aromatic heterocycles. The molecule has 0 aliphatic carbocycles. The number of aldehydes is 1. The molecule has 0 amide bonds. The van der Waals surface area contributed by atoms with E-state index < -0.39 is 0 Å². The van der Waals surface area contributed by atoms with Gasteiger partial charge in [0.25, 0.3) is 0 Å². The van der Waals surface area contributed by atoms with Crippen LogP contribution in [0, 0.1) is 18.8 Å². The number of rotatable bonds is 3. The summed E-state index contributed by atoms with van der Waals surface area (Å²) in [5.41, 5.74) is 0.962. The SMILES string of the molecule is CCOC(=O)CC#Cc1sc(C=O)cc1C. The van der Waals surface area contributed by atoms with Crippen LogP contribution in [0.5, 0.6) is 0 Å². The van der Waals surface area contributed by atoms with Gasteiger partial charge in [-0.2, -0.15) is 0 Å². The fourth-order valence-corrected chi connectivity index (χ4v) is 1.96. The molecule has 0 aliphatic rings. The second-order valence-electron chi connectivity index (χ2n) is 3.06. The number of esters is 1. The zero-order valence-corrected chi connectivity index (χ0v) is 10.0. The van der Waals surface area contributed by atoms with E-state index >= 15 is 0 Å². The van der Waals surface area contributed by atoms with Gasteiger partial charge in [0.1, 0.15) is 6.42 Å². The third-order valence-corrected chi connectivity index (χ3v) is 2.87. The second kappa shape index (κ2) is 6.09. The highest BCUT2D eigenvalue weighted by molar-refractivity contribution is 7.14. The van der Waals surface area contributed by atoms with Crippen LogP contribution in [0.2, 0.25) is 0 Å². The van der Waals surface area contributed by atoms with Crippen molar-refractivity contribution in [2.24, 2.45) is 0 Å². The Kier molecular flexibility index (Phi) is 4.74. The van der Waals surface area contributed by atoms with Crippen LogP contribution in [0.25, 0.3) is 0 Å². The van der Waals surface area contributed by atoms with E-state index in [2.05, 4.69) is 11.8 Å². The molecule has 0 fully saturated rings. The molecular weight excluding hydrogens is 224 g/mol. The van der Waals surface area contributed by atoms with Gasteiger partial charge in [0, 0.05) is 0 Å². The van der Waals surface area contributed by atoms with Crippen LogP contribution in [-0.4, -0.2) is 18.9 Å².